The van der Waals surface area contributed by atoms with Crippen molar-refractivity contribution in [1.29, 1.82) is 0 Å². The van der Waals surface area contributed by atoms with Crippen molar-refractivity contribution in [3.63, 3.8) is 0 Å². The van der Waals surface area contributed by atoms with Crippen LogP contribution in [0.25, 0.3) is 5.69 Å². The van der Waals surface area contributed by atoms with Crippen LogP contribution in [-0.4, -0.2) is 40.3 Å². The van der Waals surface area contributed by atoms with Gasteiger partial charge in [0.05, 0.1) is 11.9 Å². The number of para-hydroxylation sites is 1. The highest BCUT2D eigenvalue weighted by molar-refractivity contribution is 8.00. The van der Waals surface area contributed by atoms with Gasteiger partial charge in [0.1, 0.15) is 0 Å². The van der Waals surface area contributed by atoms with E-state index in [-0.39, 0.29) is 0 Å². The van der Waals surface area contributed by atoms with Gasteiger partial charge < -0.3 is 10.6 Å². The normalized spacial score (nSPS) is 18.1. The van der Waals surface area contributed by atoms with E-state index in [0.717, 1.165) is 29.0 Å². The second kappa shape index (κ2) is 8.06. The summed E-state index contributed by atoms with van der Waals surface area (Å²) in [7, 11) is 1.81. The summed E-state index contributed by atoms with van der Waals surface area (Å²) in [6, 6.07) is 10.1. The van der Waals surface area contributed by atoms with E-state index >= 15 is 0 Å². The quantitative estimate of drug-likeness (QED) is 0.653. The number of nitrogens with one attached hydrogen (secondary N) is 2. The lowest BCUT2D eigenvalue weighted by Crippen LogP contribution is -2.39. The monoisotopic (exact) mass is 329 g/mol. The van der Waals surface area contributed by atoms with E-state index in [9.17, 15) is 0 Å². The predicted octanol–water partition coefficient (Wildman–Crippen LogP) is 2.43. The summed E-state index contributed by atoms with van der Waals surface area (Å²) in [4.78, 5) is 4.29. The Labute approximate surface area is 141 Å². The van der Waals surface area contributed by atoms with Crippen LogP contribution in [0.3, 0.4) is 0 Å². The predicted molar refractivity (Wildman–Crippen MR) is 97.2 cm³/mol. The first-order valence-electron chi connectivity index (χ1n) is 8.00. The number of rotatable bonds is 5. The van der Waals surface area contributed by atoms with Crippen molar-refractivity contribution >= 4 is 17.7 Å². The molecule has 0 aliphatic carbocycles. The minimum absolute atomic E-state index is 0.713. The molecule has 23 heavy (non-hydrogen) atoms. The van der Waals surface area contributed by atoms with Gasteiger partial charge in [-0.2, -0.15) is 16.9 Å². The molecule has 5 nitrogen and oxygen atoms in total. The zero-order valence-corrected chi connectivity index (χ0v) is 14.2. The van der Waals surface area contributed by atoms with Crippen molar-refractivity contribution in [2.75, 3.05) is 19.3 Å². The third-order valence-electron chi connectivity index (χ3n) is 3.86. The third kappa shape index (κ3) is 4.51. The molecule has 0 saturated carbocycles. The summed E-state index contributed by atoms with van der Waals surface area (Å²) in [5.41, 5.74) is 2.20. The van der Waals surface area contributed by atoms with Crippen LogP contribution in [0, 0.1) is 0 Å². The van der Waals surface area contributed by atoms with Gasteiger partial charge in [0.15, 0.2) is 5.96 Å². The van der Waals surface area contributed by atoms with Crippen LogP contribution in [-0.2, 0) is 6.54 Å². The Morgan fingerprint density at radius 2 is 2.22 bits per heavy atom. The Morgan fingerprint density at radius 3 is 2.96 bits per heavy atom. The Morgan fingerprint density at radius 1 is 1.35 bits per heavy atom. The summed E-state index contributed by atoms with van der Waals surface area (Å²) in [5, 5.41) is 11.9. The topological polar surface area (TPSA) is 54.2 Å². The van der Waals surface area contributed by atoms with E-state index in [2.05, 4.69) is 32.5 Å². The van der Waals surface area contributed by atoms with Crippen molar-refractivity contribution in [3.8, 4) is 5.69 Å². The van der Waals surface area contributed by atoms with Crippen LogP contribution in [0.4, 0.5) is 0 Å². The standard InChI is InChI=1S/C17H23N5S/c1-18-17(20-12-16-8-5-9-23-16)19-10-14-11-21-22(13-14)15-6-3-2-4-7-15/h2-4,6-7,11,13,16H,5,8-10,12H2,1H3,(H2,18,19,20). The molecule has 6 heteroatoms. The summed E-state index contributed by atoms with van der Waals surface area (Å²) in [5.74, 6) is 2.14. The summed E-state index contributed by atoms with van der Waals surface area (Å²) in [6.45, 7) is 1.69. The molecule has 1 aliphatic rings. The largest absolute Gasteiger partial charge is 0.355 e. The van der Waals surface area contributed by atoms with Gasteiger partial charge >= 0.3 is 0 Å². The lowest BCUT2D eigenvalue weighted by Gasteiger charge is -2.14. The molecule has 1 saturated heterocycles. The van der Waals surface area contributed by atoms with Gasteiger partial charge in [-0.1, -0.05) is 18.2 Å². The Hall–Kier alpha value is -1.95. The third-order valence-corrected chi connectivity index (χ3v) is 5.26. The van der Waals surface area contributed by atoms with Crippen LogP contribution in [0.1, 0.15) is 18.4 Å². The summed E-state index contributed by atoms with van der Waals surface area (Å²) >= 11 is 2.05. The average Bonchev–Trinajstić information content (AvgIpc) is 3.27. The van der Waals surface area contributed by atoms with Gasteiger partial charge in [0.25, 0.3) is 0 Å². The highest BCUT2D eigenvalue weighted by Crippen LogP contribution is 2.25. The molecule has 1 aromatic carbocycles. The maximum atomic E-state index is 4.41. The number of guanidine groups is 1. The molecule has 0 radical (unpaired) electrons. The SMILES string of the molecule is CN=C(NCc1cnn(-c2ccccc2)c1)NCC1CCCS1. The first-order chi connectivity index (χ1) is 11.3. The lowest BCUT2D eigenvalue weighted by molar-refractivity contribution is 0.726. The number of benzene rings is 1. The Balaban J connectivity index is 1.50. The molecule has 2 N–H and O–H groups in total. The lowest BCUT2D eigenvalue weighted by atomic mass is 10.2. The zero-order chi connectivity index (χ0) is 15.9. The van der Waals surface area contributed by atoms with Crippen molar-refractivity contribution in [2.24, 2.45) is 4.99 Å². The number of nitrogens with zero attached hydrogens (tertiary/aromatic N) is 3. The van der Waals surface area contributed by atoms with E-state index in [4.69, 9.17) is 0 Å². The van der Waals surface area contributed by atoms with Gasteiger partial charge in [0, 0.05) is 37.1 Å². The number of aromatic nitrogens is 2. The fraction of sp³-hybridized carbons (Fsp3) is 0.412. The van der Waals surface area contributed by atoms with Crippen LogP contribution in [0.15, 0.2) is 47.7 Å². The molecular formula is C17H23N5S. The van der Waals surface area contributed by atoms with Gasteiger partial charge in [0.2, 0.25) is 0 Å². The summed E-state index contributed by atoms with van der Waals surface area (Å²) < 4.78 is 1.89. The molecule has 1 aliphatic heterocycles. The molecule has 122 valence electrons. The van der Waals surface area contributed by atoms with Crippen molar-refractivity contribution in [2.45, 2.75) is 24.6 Å². The van der Waals surface area contributed by atoms with E-state index in [1.165, 1.54) is 18.6 Å². The first kappa shape index (κ1) is 15.9. The zero-order valence-electron chi connectivity index (χ0n) is 13.4. The minimum Gasteiger partial charge on any atom is -0.355 e. The second-order valence-corrected chi connectivity index (χ2v) is 6.98. The number of thioether (sulfide) groups is 1. The maximum absolute atomic E-state index is 4.41. The fourth-order valence-corrected chi connectivity index (χ4v) is 3.80. The maximum Gasteiger partial charge on any atom is 0.191 e. The highest BCUT2D eigenvalue weighted by atomic mass is 32.2. The molecule has 0 amide bonds. The molecule has 0 bridgehead atoms. The van der Waals surface area contributed by atoms with E-state index in [1.807, 2.05) is 54.5 Å². The molecular weight excluding hydrogens is 306 g/mol. The molecule has 2 heterocycles. The smallest absolute Gasteiger partial charge is 0.191 e. The van der Waals surface area contributed by atoms with Gasteiger partial charge in [-0.25, -0.2) is 4.68 Å². The van der Waals surface area contributed by atoms with Gasteiger partial charge in [-0.05, 0) is 30.7 Å². The molecule has 3 rings (SSSR count). The molecule has 1 unspecified atom stereocenters. The van der Waals surface area contributed by atoms with E-state index in [0.29, 0.717) is 6.54 Å². The van der Waals surface area contributed by atoms with Crippen molar-refractivity contribution in [1.82, 2.24) is 20.4 Å². The molecule has 1 atom stereocenters. The summed E-state index contributed by atoms with van der Waals surface area (Å²) in [6.07, 6.45) is 6.57. The fourth-order valence-electron chi connectivity index (χ4n) is 2.60. The van der Waals surface area contributed by atoms with Gasteiger partial charge in [-0.3, -0.25) is 4.99 Å². The van der Waals surface area contributed by atoms with E-state index < -0.39 is 0 Å². The van der Waals surface area contributed by atoms with Crippen LogP contribution in [0.5, 0.6) is 0 Å². The molecule has 0 spiro atoms. The Bertz CT molecular complexity index is 631. The van der Waals surface area contributed by atoms with Gasteiger partial charge in [-0.15, -0.1) is 0 Å². The molecule has 1 fully saturated rings. The first-order valence-corrected chi connectivity index (χ1v) is 9.05. The Kier molecular flexibility index (Phi) is 5.58. The van der Waals surface area contributed by atoms with Crippen LogP contribution < -0.4 is 10.6 Å². The van der Waals surface area contributed by atoms with E-state index in [1.54, 1.807) is 0 Å². The second-order valence-electron chi connectivity index (χ2n) is 5.57. The number of hydrogen-bond acceptors (Lipinski definition) is 3. The average molecular weight is 329 g/mol. The van der Waals surface area contributed by atoms with Crippen LogP contribution in [0.2, 0.25) is 0 Å². The van der Waals surface area contributed by atoms with Crippen molar-refractivity contribution in [3.05, 3.63) is 48.3 Å². The number of aliphatic imine (C=N–C) groups is 1. The van der Waals surface area contributed by atoms with Crippen molar-refractivity contribution < 1.29 is 0 Å². The van der Waals surface area contributed by atoms with Crippen LogP contribution >= 0.6 is 11.8 Å². The number of hydrogen-bond donors (Lipinski definition) is 2. The highest BCUT2D eigenvalue weighted by Gasteiger charge is 2.15. The molecule has 2 aromatic rings. The molecule has 1 aromatic heterocycles. The minimum atomic E-state index is 0.713.